The molecule has 0 radical (unpaired) electrons. The topological polar surface area (TPSA) is 75.1 Å². The zero-order valence-corrected chi connectivity index (χ0v) is 13.8. The maximum Gasteiger partial charge on any atom is 0.230 e. The van der Waals surface area contributed by atoms with E-state index in [1.807, 2.05) is 41.8 Å². The van der Waals surface area contributed by atoms with E-state index in [2.05, 4.69) is 15.3 Å². The van der Waals surface area contributed by atoms with Gasteiger partial charge in [-0.1, -0.05) is 12.1 Å². The first-order chi connectivity index (χ1) is 11.7. The summed E-state index contributed by atoms with van der Waals surface area (Å²) in [5.41, 5.74) is 3.47. The summed E-state index contributed by atoms with van der Waals surface area (Å²) in [5.74, 6) is -0.104. The molecule has 0 aliphatic heterocycles. The molecule has 2 heterocycles. The van der Waals surface area contributed by atoms with Crippen LogP contribution in [0.4, 0.5) is 5.69 Å². The molecule has 24 heavy (non-hydrogen) atoms. The smallest absolute Gasteiger partial charge is 0.230 e. The summed E-state index contributed by atoms with van der Waals surface area (Å²) < 4.78 is 0. The Labute approximate surface area is 144 Å². The Hall–Kier alpha value is -2.57. The third-order valence-electron chi connectivity index (χ3n) is 3.44. The standard InChI is InChI=1S/C18H17N3O2S/c22-9-7-13-3-5-15(6-4-13)20-17(23)10-16-12-24-18(21-16)14-2-1-8-19-11-14/h1-6,8,11-12,22H,7,9-10H2,(H,20,23). The lowest BCUT2D eigenvalue weighted by Gasteiger charge is -2.05. The van der Waals surface area contributed by atoms with E-state index in [-0.39, 0.29) is 18.9 Å². The largest absolute Gasteiger partial charge is 0.396 e. The van der Waals surface area contributed by atoms with Crippen LogP contribution in [0, 0.1) is 0 Å². The van der Waals surface area contributed by atoms with Crippen LogP contribution < -0.4 is 5.32 Å². The lowest BCUT2D eigenvalue weighted by atomic mass is 10.1. The Morgan fingerprint density at radius 2 is 2.04 bits per heavy atom. The van der Waals surface area contributed by atoms with Crippen LogP contribution in [-0.4, -0.2) is 27.6 Å². The lowest BCUT2D eigenvalue weighted by molar-refractivity contribution is -0.115. The average molecular weight is 339 g/mol. The molecule has 0 atom stereocenters. The number of rotatable bonds is 6. The van der Waals surface area contributed by atoms with E-state index in [1.165, 1.54) is 11.3 Å². The first-order valence-corrected chi connectivity index (χ1v) is 8.47. The highest BCUT2D eigenvalue weighted by Crippen LogP contribution is 2.23. The average Bonchev–Trinajstić information content (AvgIpc) is 3.06. The van der Waals surface area contributed by atoms with Crippen LogP contribution in [0.1, 0.15) is 11.3 Å². The summed E-state index contributed by atoms with van der Waals surface area (Å²) in [6, 6.07) is 11.3. The second-order valence-corrected chi connectivity index (χ2v) is 6.14. The molecule has 1 amide bonds. The molecule has 0 fully saturated rings. The third-order valence-corrected chi connectivity index (χ3v) is 4.38. The van der Waals surface area contributed by atoms with Gasteiger partial charge in [0.15, 0.2) is 0 Å². The Bertz CT molecular complexity index is 801. The molecule has 0 saturated heterocycles. The first-order valence-electron chi connectivity index (χ1n) is 7.59. The minimum Gasteiger partial charge on any atom is -0.396 e. The van der Waals surface area contributed by atoms with Crippen molar-refractivity contribution in [3.05, 3.63) is 65.4 Å². The van der Waals surface area contributed by atoms with E-state index < -0.39 is 0 Å². The molecule has 5 nitrogen and oxygen atoms in total. The number of amides is 1. The fourth-order valence-electron chi connectivity index (χ4n) is 2.26. The van der Waals surface area contributed by atoms with Gasteiger partial charge in [0.1, 0.15) is 5.01 Å². The highest BCUT2D eigenvalue weighted by Gasteiger charge is 2.09. The number of carbonyl (C=O) groups excluding carboxylic acids is 1. The van der Waals surface area contributed by atoms with Crippen molar-refractivity contribution < 1.29 is 9.90 Å². The molecule has 3 rings (SSSR count). The van der Waals surface area contributed by atoms with Gasteiger partial charge in [-0.15, -0.1) is 11.3 Å². The number of nitrogens with one attached hydrogen (secondary N) is 1. The van der Waals surface area contributed by atoms with Gasteiger partial charge < -0.3 is 10.4 Å². The number of anilines is 1. The van der Waals surface area contributed by atoms with Gasteiger partial charge in [-0.25, -0.2) is 4.98 Å². The Morgan fingerprint density at radius 1 is 1.21 bits per heavy atom. The number of hydrogen-bond donors (Lipinski definition) is 2. The van der Waals surface area contributed by atoms with Gasteiger partial charge in [0.05, 0.1) is 12.1 Å². The molecule has 122 valence electrons. The van der Waals surface area contributed by atoms with Crippen molar-refractivity contribution >= 4 is 22.9 Å². The summed E-state index contributed by atoms with van der Waals surface area (Å²) >= 11 is 1.50. The number of aliphatic hydroxyl groups excluding tert-OH is 1. The molecule has 0 spiro atoms. The van der Waals surface area contributed by atoms with Crippen LogP contribution in [-0.2, 0) is 17.6 Å². The molecule has 1 aromatic carbocycles. The maximum atomic E-state index is 12.1. The van der Waals surface area contributed by atoms with Gasteiger partial charge in [-0.3, -0.25) is 9.78 Å². The zero-order valence-electron chi connectivity index (χ0n) is 13.0. The van der Waals surface area contributed by atoms with Crippen LogP contribution in [0.15, 0.2) is 54.2 Å². The molecule has 0 bridgehead atoms. The Kier molecular flexibility index (Phi) is 5.30. The molecule has 2 aromatic heterocycles. The second kappa shape index (κ2) is 7.81. The van der Waals surface area contributed by atoms with Crippen molar-refractivity contribution in [2.24, 2.45) is 0 Å². The lowest BCUT2D eigenvalue weighted by Crippen LogP contribution is -2.14. The highest BCUT2D eigenvalue weighted by molar-refractivity contribution is 7.13. The third kappa shape index (κ3) is 4.24. The summed E-state index contributed by atoms with van der Waals surface area (Å²) in [7, 11) is 0. The normalized spacial score (nSPS) is 10.5. The van der Waals surface area contributed by atoms with Crippen molar-refractivity contribution in [1.82, 2.24) is 9.97 Å². The summed E-state index contributed by atoms with van der Waals surface area (Å²) in [6.45, 7) is 0.120. The molecule has 0 aliphatic rings. The van der Waals surface area contributed by atoms with Crippen LogP contribution in [0.25, 0.3) is 10.6 Å². The molecular weight excluding hydrogens is 322 g/mol. The van der Waals surface area contributed by atoms with Gasteiger partial charge in [0, 0.05) is 35.6 Å². The Morgan fingerprint density at radius 3 is 2.75 bits per heavy atom. The van der Waals surface area contributed by atoms with Crippen LogP contribution in [0.2, 0.25) is 0 Å². The number of pyridine rings is 1. The Balaban J connectivity index is 1.60. The van der Waals surface area contributed by atoms with Crippen LogP contribution in [0.5, 0.6) is 0 Å². The minimum absolute atomic E-state index is 0.104. The van der Waals surface area contributed by atoms with Crippen molar-refractivity contribution in [3.63, 3.8) is 0 Å². The number of hydrogen-bond acceptors (Lipinski definition) is 5. The second-order valence-electron chi connectivity index (χ2n) is 5.28. The molecule has 6 heteroatoms. The number of carbonyl (C=O) groups is 1. The SMILES string of the molecule is O=C(Cc1csc(-c2cccnc2)n1)Nc1ccc(CCO)cc1. The van der Waals surface area contributed by atoms with E-state index in [1.54, 1.807) is 12.4 Å². The molecule has 2 N–H and O–H groups in total. The summed E-state index contributed by atoms with van der Waals surface area (Å²) in [5, 5.41) is 14.5. The van der Waals surface area contributed by atoms with E-state index in [0.29, 0.717) is 6.42 Å². The summed E-state index contributed by atoms with van der Waals surface area (Å²) in [6.07, 6.45) is 4.33. The molecule has 0 aliphatic carbocycles. The van der Waals surface area contributed by atoms with Gasteiger partial charge in [-0.05, 0) is 36.2 Å². The minimum atomic E-state index is -0.104. The fourth-order valence-corrected chi connectivity index (χ4v) is 3.07. The zero-order chi connectivity index (χ0) is 16.8. The van der Waals surface area contributed by atoms with Gasteiger partial charge >= 0.3 is 0 Å². The van der Waals surface area contributed by atoms with E-state index in [0.717, 1.165) is 27.5 Å². The quantitative estimate of drug-likeness (QED) is 0.724. The number of nitrogens with zero attached hydrogens (tertiary/aromatic N) is 2. The van der Waals surface area contributed by atoms with Gasteiger partial charge in [0.2, 0.25) is 5.91 Å². The molecule has 3 aromatic rings. The number of thiazole rings is 1. The number of aliphatic hydroxyl groups is 1. The van der Waals surface area contributed by atoms with Crippen molar-refractivity contribution in [2.75, 3.05) is 11.9 Å². The fraction of sp³-hybridized carbons (Fsp3) is 0.167. The van der Waals surface area contributed by atoms with E-state index in [9.17, 15) is 4.79 Å². The predicted molar refractivity (Wildman–Crippen MR) is 94.9 cm³/mol. The van der Waals surface area contributed by atoms with Crippen molar-refractivity contribution in [3.8, 4) is 10.6 Å². The first kappa shape index (κ1) is 16.3. The molecule has 0 saturated carbocycles. The maximum absolute atomic E-state index is 12.1. The van der Waals surface area contributed by atoms with E-state index in [4.69, 9.17) is 5.11 Å². The van der Waals surface area contributed by atoms with Crippen molar-refractivity contribution in [1.29, 1.82) is 0 Å². The number of benzene rings is 1. The van der Waals surface area contributed by atoms with Crippen LogP contribution >= 0.6 is 11.3 Å². The predicted octanol–water partition coefficient (Wildman–Crippen LogP) is 2.92. The highest BCUT2D eigenvalue weighted by atomic mass is 32.1. The monoisotopic (exact) mass is 339 g/mol. The molecule has 0 unspecified atom stereocenters. The van der Waals surface area contributed by atoms with Crippen LogP contribution in [0.3, 0.4) is 0 Å². The van der Waals surface area contributed by atoms with Gasteiger partial charge in [0.25, 0.3) is 0 Å². The number of aromatic nitrogens is 2. The van der Waals surface area contributed by atoms with E-state index >= 15 is 0 Å². The summed E-state index contributed by atoms with van der Waals surface area (Å²) in [4.78, 5) is 20.7. The molecular formula is C18H17N3O2S. The van der Waals surface area contributed by atoms with Gasteiger partial charge in [-0.2, -0.15) is 0 Å². The van der Waals surface area contributed by atoms with Crippen molar-refractivity contribution in [2.45, 2.75) is 12.8 Å².